The monoisotopic (exact) mass is 231 g/mol. The molecule has 60 valence electrons. The Hall–Kier alpha value is 0.160. The Balaban J connectivity index is 4.12. The van der Waals surface area contributed by atoms with Crippen molar-refractivity contribution < 1.29 is 15.0 Å². The van der Waals surface area contributed by atoms with Crippen molar-refractivity contribution in [2.24, 2.45) is 0 Å². The number of rotatable bonds is 3. The predicted molar refractivity (Wildman–Crippen MR) is 39.7 cm³/mol. The van der Waals surface area contributed by atoms with E-state index in [2.05, 4.69) is 16.1 Å². The molecule has 0 aromatic rings. The molecule has 0 bridgehead atoms. The average molecular weight is 232 g/mol. The number of aliphatic carboxylic acids is 1. The molecule has 0 rings (SSSR count). The molecule has 6 heteroatoms. The molecule has 0 amide bonds. The zero-order valence-electron chi connectivity index (χ0n) is 5.16. The molecule has 2 N–H and O–H groups in total. The van der Waals surface area contributed by atoms with E-state index in [1.807, 2.05) is 0 Å². The summed E-state index contributed by atoms with van der Waals surface area (Å²) in [7, 11) is 0. The van der Waals surface area contributed by atoms with E-state index in [0.29, 0.717) is 0 Å². The Morgan fingerprint density at radius 1 is 1.80 bits per heavy atom. The Morgan fingerprint density at radius 2 is 2.20 bits per heavy atom. The highest BCUT2D eigenvalue weighted by Gasteiger charge is 2.27. The van der Waals surface area contributed by atoms with Crippen LogP contribution in [0.3, 0.4) is 0 Å². The topological polar surface area (TPSA) is 60.8 Å². The highest BCUT2D eigenvalue weighted by molar-refractivity contribution is 9.08. The van der Waals surface area contributed by atoms with Crippen molar-refractivity contribution in [3.63, 3.8) is 0 Å². The first kappa shape index (κ1) is 10.2. The number of carbonyl (C=O) groups is 1. The van der Waals surface area contributed by atoms with Crippen molar-refractivity contribution in [1.29, 1.82) is 0 Å². The van der Waals surface area contributed by atoms with Gasteiger partial charge in [0, 0.05) is 16.1 Å². The second-order valence-electron chi connectivity index (χ2n) is 1.78. The van der Waals surface area contributed by atoms with Gasteiger partial charge < -0.3 is 10.2 Å². The van der Waals surface area contributed by atoms with E-state index >= 15 is 0 Å². The molecule has 0 aromatic carbocycles. The fourth-order valence-corrected chi connectivity index (χ4v) is 1.22. The normalized spacial score (nSPS) is 16.9. The third kappa shape index (κ3) is 2.83. The molecule has 0 radical (unpaired) electrons. The molecule has 0 aliphatic carbocycles. The highest BCUT2D eigenvalue weighted by Crippen LogP contribution is 2.13. The van der Waals surface area contributed by atoms with Crippen molar-refractivity contribution in [3.8, 4) is 0 Å². The molecule has 0 saturated carbocycles. The Labute approximate surface area is 71.8 Å². The molecular weight excluding hydrogens is 225 g/mol. The molecule has 2 unspecified atom stereocenters. The summed E-state index contributed by atoms with van der Waals surface area (Å²) >= 11 is 7.94. The van der Waals surface area contributed by atoms with Crippen molar-refractivity contribution in [3.05, 3.63) is 0 Å². The molecular formula is C4H7BrClNO3. The standard InChI is InChI=1S/C4H7BrClNO3/c1-2(8)3(4(9)10)7(5)6/h2-3,8H,1H3,(H,9,10). The number of carboxylic acid groups (broad SMARTS) is 1. The zero-order chi connectivity index (χ0) is 8.31. The number of hydrogen-bond acceptors (Lipinski definition) is 3. The lowest BCUT2D eigenvalue weighted by Crippen LogP contribution is -2.38. The lowest BCUT2D eigenvalue weighted by atomic mass is 10.2. The molecule has 10 heavy (non-hydrogen) atoms. The van der Waals surface area contributed by atoms with Crippen LogP contribution in [0, 0.1) is 0 Å². The van der Waals surface area contributed by atoms with Gasteiger partial charge in [-0.3, -0.25) is 4.79 Å². The first-order chi connectivity index (χ1) is 4.46. The zero-order valence-corrected chi connectivity index (χ0v) is 7.50. The minimum absolute atomic E-state index is 0.750. The van der Waals surface area contributed by atoms with E-state index in [-0.39, 0.29) is 0 Å². The fraction of sp³-hybridized carbons (Fsp3) is 0.750. The molecule has 2 atom stereocenters. The van der Waals surface area contributed by atoms with Crippen LogP contribution in [0.4, 0.5) is 0 Å². The number of halogens is 2. The minimum atomic E-state index is -1.18. The van der Waals surface area contributed by atoms with Crippen LogP contribution in [0.25, 0.3) is 0 Å². The maximum atomic E-state index is 10.3. The summed E-state index contributed by atoms with van der Waals surface area (Å²) in [6, 6.07) is -1.12. The maximum absolute atomic E-state index is 10.3. The van der Waals surface area contributed by atoms with Crippen LogP contribution in [-0.2, 0) is 4.79 Å². The van der Waals surface area contributed by atoms with Gasteiger partial charge in [0.25, 0.3) is 0 Å². The maximum Gasteiger partial charge on any atom is 0.325 e. The van der Waals surface area contributed by atoms with Gasteiger partial charge in [-0.2, -0.15) is 0 Å². The Bertz CT molecular complexity index is 122. The van der Waals surface area contributed by atoms with Gasteiger partial charge in [0.05, 0.1) is 6.10 Å². The molecule has 0 aromatic heterocycles. The Morgan fingerprint density at radius 3 is 2.20 bits per heavy atom. The average Bonchev–Trinajstić information content (AvgIpc) is 1.59. The third-order valence-electron chi connectivity index (χ3n) is 0.920. The molecule has 0 heterocycles. The van der Waals surface area contributed by atoms with Crippen LogP contribution in [0.5, 0.6) is 0 Å². The highest BCUT2D eigenvalue weighted by atomic mass is 79.9. The fourth-order valence-electron chi connectivity index (χ4n) is 0.453. The quantitative estimate of drug-likeness (QED) is 0.699. The number of aliphatic hydroxyl groups is 1. The van der Waals surface area contributed by atoms with Crippen LogP contribution in [0.1, 0.15) is 6.92 Å². The summed E-state index contributed by atoms with van der Waals surface area (Å²) in [4.78, 5) is 10.3. The van der Waals surface area contributed by atoms with Crippen LogP contribution in [-0.4, -0.2) is 31.8 Å². The summed E-state index contributed by atoms with van der Waals surface area (Å²) < 4.78 is 0.750. The molecule has 0 spiro atoms. The summed E-state index contributed by atoms with van der Waals surface area (Å²) in [5, 5.41) is 17.2. The van der Waals surface area contributed by atoms with E-state index in [9.17, 15) is 4.79 Å². The lowest BCUT2D eigenvalue weighted by molar-refractivity contribution is -0.143. The van der Waals surface area contributed by atoms with Gasteiger partial charge in [0.2, 0.25) is 0 Å². The SMILES string of the molecule is CC(O)C(C(=O)O)N(Cl)Br. The summed E-state index contributed by atoms with van der Waals surface area (Å²) in [5.74, 6) is -1.18. The summed E-state index contributed by atoms with van der Waals surface area (Å²) in [6.07, 6.45) is -1.02. The van der Waals surface area contributed by atoms with Crippen LogP contribution in [0.15, 0.2) is 0 Å². The van der Waals surface area contributed by atoms with Gasteiger partial charge in [-0.15, -0.1) is 3.45 Å². The van der Waals surface area contributed by atoms with E-state index < -0.39 is 18.1 Å². The molecule has 4 nitrogen and oxygen atoms in total. The van der Waals surface area contributed by atoms with Gasteiger partial charge in [-0.25, -0.2) is 0 Å². The summed E-state index contributed by atoms with van der Waals surface area (Å²) in [5.41, 5.74) is 0. The lowest BCUT2D eigenvalue weighted by Gasteiger charge is -2.17. The Kier molecular flexibility index (Phi) is 4.19. The van der Waals surface area contributed by atoms with Crippen LogP contribution < -0.4 is 0 Å². The van der Waals surface area contributed by atoms with Gasteiger partial charge in [-0.1, -0.05) is 0 Å². The first-order valence-electron chi connectivity index (χ1n) is 2.48. The van der Waals surface area contributed by atoms with E-state index in [4.69, 9.17) is 22.0 Å². The van der Waals surface area contributed by atoms with Gasteiger partial charge >= 0.3 is 5.97 Å². The van der Waals surface area contributed by atoms with Crippen LogP contribution >= 0.6 is 27.9 Å². The number of carboxylic acids is 1. The molecule has 0 aliphatic heterocycles. The summed E-state index contributed by atoms with van der Waals surface area (Å²) in [6.45, 7) is 1.34. The van der Waals surface area contributed by atoms with Crippen molar-refractivity contribution in [2.45, 2.75) is 19.1 Å². The van der Waals surface area contributed by atoms with E-state index in [0.717, 1.165) is 3.45 Å². The number of aliphatic hydroxyl groups excluding tert-OH is 1. The van der Waals surface area contributed by atoms with Gasteiger partial charge in [0.1, 0.15) is 0 Å². The predicted octanol–water partition coefficient (Wildman–Crippen LogP) is 0.586. The molecule has 0 aliphatic rings. The molecule has 0 fully saturated rings. The van der Waals surface area contributed by atoms with E-state index in [1.54, 1.807) is 0 Å². The van der Waals surface area contributed by atoms with Crippen molar-refractivity contribution in [1.82, 2.24) is 3.45 Å². The number of hydrogen-bond donors (Lipinski definition) is 2. The third-order valence-corrected chi connectivity index (χ3v) is 1.57. The first-order valence-corrected chi connectivity index (χ1v) is 3.53. The van der Waals surface area contributed by atoms with E-state index in [1.165, 1.54) is 6.92 Å². The second kappa shape index (κ2) is 4.12. The minimum Gasteiger partial charge on any atom is -0.480 e. The van der Waals surface area contributed by atoms with Crippen LogP contribution in [0.2, 0.25) is 0 Å². The largest absolute Gasteiger partial charge is 0.480 e. The van der Waals surface area contributed by atoms with Gasteiger partial charge in [0.15, 0.2) is 6.04 Å². The van der Waals surface area contributed by atoms with Crippen molar-refractivity contribution >= 4 is 33.9 Å². The number of nitrogens with zero attached hydrogens (tertiary/aromatic N) is 1. The second-order valence-corrected chi connectivity index (χ2v) is 3.32. The van der Waals surface area contributed by atoms with Crippen molar-refractivity contribution in [2.75, 3.05) is 0 Å². The van der Waals surface area contributed by atoms with Gasteiger partial charge in [-0.05, 0) is 18.7 Å². The molecule has 0 saturated heterocycles. The smallest absolute Gasteiger partial charge is 0.325 e.